The summed E-state index contributed by atoms with van der Waals surface area (Å²) in [6.07, 6.45) is 3.58. The van der Waals surface area contributed by atoms with Crippen molar-refractivity contribution in [1.82, 2.24) is 21.3 Å². The average Bonchev–Trinajstić information content (AvgIpc) is 3.29. The van der Waals surface area contributed by atoms with Crippen LogP contribution < -0.4 is 42.2 Å². The van der Waals surface area contributed by atoms with Gasteiger partial charge in [0, 0.05) is 17.7 Å². The van der Waals surface area contributed by atoms with Crippen LogP contribution in [0.2, 0.25) is 0 Å². The number of benzene rings is 5. The number of hydrogen-bond acceptors (Lipinski definition) is 9. The minimum Gasteiger partial charge on any atom is -0.493 e. The van der Waals surface area contributed by atoms with Crippen molar-refractivity contribution >= 4 is 51.2 Å². The zero-order chi connectivity index (χ0) is 45.0. The van der Waals surface area contributed by atoms with Gasteiger partial charge in [0.1, 0.15) is 36.2 Å². The van der Waals surface area contributed by atoms with Gasteiger partial charge in [0.25, 0.3) is 5.91 Å². The molecule has 14 nitrogen and oxygen atoms in total. The number of nitrogens with one attached hydrogen (secondary N) is 5. The predicted molar refractivity (Wildman–Crippen MR) is 247 cm³/mol. The third-order valence-electron chi connectivity index (χ3n) is 10.5. The number of carbonyl (C=O) groups excluding carboxylic acids is 4. The molecule has 9 N–H and O–H groups in total. The van der Waals surface area contributed by atoms with Crippen molar-refractivity contribution in [3.63, 3.8) is 0 Å². The lowest BCUT2D eigenvalue weighted by Crippen LogP contribution is -2.56. The second-order valence-electron chi connectivity index (χ2n) is 15.3. The van der Waals surface area contributed by atoms with Crippen LogP contribution in [0, 0.1) is 5.41 Å². The maximum Gasteiger partial charge on any atom is 0.328 e. The summed E-state index contributed by atoms with van der Waals surface area (Å²) < 4.78 is 18.2. The normalized spacial score (nSPS) is 12.4. The highest BCUT2D eigenvalue weighted by molar-refractivity contribution is 6.10. The summed E-state index contributed by atoms with van der Waals surface area (Å²) in [4.78, 5) is 55.0. The van der Waals surface area contributed by atoms with Crippen LogP contribution >= 0.6 is 0 Å². The topological polar surface area (TPSA) is 220 Å². The first-order valence-corrected chi connectivity index (χ1v) is 21.8. The largest absolute Gasteiger partial charge is 0.493 e. The van der Waals surface area contributed by atoms with Gasteiger partial charge in [0.2, 0.25) is 11.8 Å². The minimum absolute atomic E-state index is 0.0419. The monoisotopic (exact) mass is 859 g/mol. The molecule has 0 aromatic heterocycles. The van der Waals surface area contributed by atoms with Crippen LogP contribution in [0.1, 0.15) is 70.8 Å². The number of nitrogens with two attached hydrogens (primary N) is 2. The summed E-state index contributed by atoms with van der Waals surface area (Å²) in [7, 11) is 0. The van der Waals surface area contributed by atoms with E-state index in [1.807, 2.05) is 117 Å². The van der Waals surface area contributed by atoms with E-state index >= 15 is 0 Å². The third-order valence-corrected chi connectivity index (χ3v) is 10.5. The molecule has 0 spiro atoms. The molecule has 334 valence electrons. The molecule has 0 aliphatic heterocycles. The first kappa shape index (κ1) is 47.4. The lowest BCUT2D eigenvalue weighted by Gasteiger charge is -2.25. The van der Waals surface area contributed by atoms with E-state index in [0.29, 0.717) is 56.8 Å². The van der Waals surface area contributed by atoms with Gasteiger partial charge in [0.15, 0.2) is 12.6 Å². The van der Waals surface area contributed by atoms with Crippen LogP contribution in [-0.4, -0.2) is 74.1 Å². The van der Waals surface area contributed by atoms with Crippen LogP contribution in [0.25, 0.3) is 32.7 Å². The first-order chi connectivity index (χ1) is 30.6. The van der Waals surface area contributed by atoms with Gasteiger partial charge in [-0.05, 0) is 90.7 Å². The highest BCUT2D eigenvalue weighted by atomic mass is 16.5. The highest BCUT2D eigenvalue weighted by Gasteiger charge is 2.30. The van der Waals surface area contributed by atoms with E-state index in [-0.39, 0.29) is 32.0 Å². The summed E-state index contributed by atoms with van der Waals surface area (Å²) in [5, 5.41) is 22.6. The Bertz CT molecular complexity index is 2310. The van der Waals surface area contributed by atoms with Crippen molar-refractivity contribution in [3.05, 3.63) is 109 Å². The standard InChI is InChI=1S/C49H61N7O7/c1-3-15-40(48(60)63-31-33-16-6-5-7-17-33)56-47(59)39(23-14-29-53-49(51)52)55-46(58)38(22-12-13-28-50)54-43(57)32-62-42-27-25-35-19-9-11-21-37(35)45(42)44-36-20-10-8-18-34(36)24-26-41(44)61-30-4-2/h5-11,16-21,24-27,38-40H,3-4,12-15,22-23,28-32,50H2,1-2H3,(H,54,57)(H,55,58)(H,56,59)(H4,51,52,53)/t38-,39-,40+/m1/s1. The lowest BCUT2D eigenvalue weighted by atomic mass is 9.92. The molecule has 5 rings (SSSR count). The fourth-order valence-electron chi connectivity index (χ4n) is 7.32. The van der Waals surface area contributed by atoms with Crippen LogP contribution in [0.3, 0.4) is 0 Å². The fraction of sp³-hybridized carbons (Fsp3) is 0.367. The van der Waals surface area contributed by atoms with Gasteiger partial charge in [-0.25, -0.2) is 4.79 Å². The van der Waals surface area contributed by atoms with E-state index in [1.165, 1.54) is 0 Å². The smallest absolute Gasteiger partial charge is 0.328 e. The second-order valence-corrected chi connectivity index (χ2v) is 15.3. The molecule has 63 heavy (non-hydrogen) atoms. The number of carbonyl (C=O) groups is 4. The minimum atomic E-state index is -1.09. The average molecular weight is 860 g/mol. The van der Waals surface area contributed by atoms with Crippen molar-refractivity contribution in [3.8, 4) is 22.6 Å². The Labute approximate surface area is 369 Å². The Kier molecular flexibility index (Phi) is 18.6. The molecule has 5 aromatic rings. The maximum absolute atomic E-state index is 14.1. The second kappa shape index (κ2) is 24.7. The van der Waals surface area contributed by atoms with Gasteiger partial charge in [-0.15, -0.1) is 0 Å². The Morgan fingerprint density at radius 3 is 1.81 bits per heavy atom. The van der Waals surface area contributed by atoms with Crippen molar-refractivity contribution in [2.45, 2.75) is 89.9 Å². The number of unbranched alkanes of at least 4 members (excludes halogenated alkanes) is 1. The van der Waals surface area contributed by atoms with Gasteiger partial charge in [-0.2, -0.15) is 0 Å². The molecule has 0 bridgehead atoms. The quantitative estimate of drug-likeness (QED) is 0.0152. The van der Waals surface area contributed by atoms with E-state index < -0.39 is 48.4 Å². The Morgan fingerprint density at radius 1 is 0.635 bits per heavy atom. The summed E-state index contributed by atoms with van der Waals surface area (Å²) in [5.74, 6) is -1.38. The highest BCUT2D eigenvalue weighted by Crippen LogP contribution is 2.45. The van der Waals surface area contributed by atoms with Gasteiger partial charge >= 0.3 is 5.97 Å². The zero-order valence-electron chi connectivity index (χ0n) is 36.3. The molecule has 3 atom stereocenters. The van der Waals surface area contributed by atoms with E-state index in [1.54, 1.807) is 0 Å². The molecule has 3 amide bonds. The van der Waals surface area contributed by atoms with Gasteiger partial charge in [-0.3, -0.25) is 19.8 Å². The number of fused-ring (bicyclic) bond motifs is 2. The lowest BCUT2D eigenvalue weighted by molar-refractivity contribution is -0.149. The van der Waals surface area contributed by atoms with Crippen LogP contribution in [0.5, 0.6) is 11.5 Å². The zero-order valence-corrected chi connectivity index (χ0v) is 36.3. The van der Waals surface area contributed by atoms with Crippen LogP contribution in [0.15, 0.2) is 103 Å². The Hall–Kier alpha value is -6.67. The predicted octanol–water partition coefficient (Wildman–Crippen LogP) is 6.22. The first-order valence-electron chi connectivity index (χ1n) is 21.8. The van der Waals surface area contributed by atoms with E-state index in [9.17, 15) is 19.2 Å². The molecule has 0 fully saturated rings. The number of ether oxygens (including phenoxy) is 3. The maximum atomic E-state index is 14.1. The van der Waals surface area contributed by atoms with Gasteiger partial charge < -0.3 is 46.9 Å². The van der Waals surface area contributed by atoms with E-state index in [4.69, 9.17) is 31.1 Å². The molecule has 14 heteroatoms. The summed E-state index contributed by atoms with van der Waals surface area (Å²) in [6.45, 7) is 4.74. The van der Waals surface area contributed by atoms with Crippen molar-refractivity contribution in [2.24, 2.45) is 11.5 Å². The molecule has 0 radical (unpaired) electrons. The molecule has 0 heterocycles. The Balaban J connectivity index is 1.35. The summed E-state index contributed by atoms with van der Waals surface area (Å²) in [6, 6.07) is 29.9. The van der Waals surface area contributed by atoms with Crippen molar-refractivity contribution in [2.75, 3.05) is 26.3 Å². The number of guanidine groups is 1. The van der Waals surface area contributed by atoms with E-state index in [2.05, 4.69) is 21.3 Å². The molecule has 0 saturated heterocycles. The van der Waals surface area contributed by atoms with Crippen LogP contribution in [0.4, 0.5) is 0 Å². The van der Waals surface area contributed by atoms with Gasteiger partial charge in [0.05, 0.1) is 6.61 Å². The number of amides is 3. The fourth-order valence-corrected chi connectivity index (χ4v) is 7.32. The summed E-state index contributed by atoms with van der Waals surface area (Å²) in [5.41, 5.74) is 13.7. The van der Waals surface area contributed by atoms with E-state index in [0.717, 1.165) is 44.7 Å². The SMILES string of the molecule is CCCOc1ccc2ccccc2c1-c1c(OCC(=O)N[C@H](CCCCN)C(=O)N[C@H](CCCNC(=N)N)C(=O)N[C@@H](CCC)C(=O)OCc2ccccc2)ccc2ccccc12. The molecule has 0 aliphatic carbocycles. The number of rotatable bonds is 25. The Morgan fingerprint density at radius 2 is 1.21 bits per heavy atom. The molecule has 0 aliphatic rings. The number of hydrogen-bond donors (Lipinski definition) is 7. The molecule has 0 unspecified atom stereocenters. The number of esters is 1. The molecular weight excluding hydrogens is 799 g/mol. The third kappa shape index (κ3) is 13.9. The van der Waals surface area contributed by atoms with Crippen molar-refractivity contribution < 1.29 is 33.4 Å². The van der Waals surface area contributed by atoms with Crippen LogP contribution in [-0.2, 0) is 30.5 Å². The summed E-state index contributed by atoms with van der Waals surface area (Å²) >= 11 is 0. The molecular formula is C49H61N7O7. The van der Waals surface area contributed by atoms with Gasteiger partial charge in [-0.1, -0.05) is 111 Å². The molecule has 5 aromatic carbocycles. The molecule has 0 saturated carbocycles. The van der Waals surface area contributed by atoms with Crippen molar-refractivity contribution in [1.29, 1.82) is 5.41 Å².